The minimum Gasteiger partial charge on any atom is -0.349 e. The number of aromatic nitrogens is 2. The third-order valence-electron chi connectivity index (χ3n) is 4.41. The molecule has 3 heterocycles. The van der Waals surface area contributed by atoms with E-state index in [0.29, 0.717) is 6.04 Å². The zero-order chi connectivity index (χ0) is 15.6. The van der Waals surface area contributed by atoms with E-state index in [0.717, 1.165) is 36.1 Å². The van der Waals surface area contributed by atoms with Crippen molar-refractivity contribution in [2.75, 3.05) is 11.9 Å². The lowest BCUT2D eigenvalue weighted by Crippen LogP contribution is -2.35. The predicted octanol–water partition coefficient (Wildman–Crippen LogP) is 4.27. The van der Waals surface area contributed by atoms with Crippen LogP contribution in [0.5, 0.6) is 0 Å². The molecular formula is C18H20N4S. The van der Waals surface area contributed by atoms with Crippen LogP contribution in [0.2, 0.25) is 0 Å². The predicted molar refractivity (Wildman–Crippen MR) is 95.1 cm³/mol. The molecule has 0 saturated carbocycles. The SMILES string of the molecule is CC1c2cccn2CCN1Cc1csc(Nc2ccccc2)n1. The van der Waals surface area contributed by atoms with Crippen molar-refractivity contribution in [3.63, 3.8) is 0 Å². The molecular weight excluding hydrogens is 304 g/mol. The van der Waals surface area contributed by atoms with Crippen LogP contribution < -0.4 is 5.32 Å². The number of benzene rings is 1. The highest BCUT2D eigenvalue weighted by Gasteiger charge is 2.23. The first-order valence-corrected chi connectivity index (χ1v) is 8.83. The third kappa shape index (κ3) is 3.02. The molecule has 1 atom stereocenters. The average Bonchev–Trinajstić information content (AvgIpc) is 3.21. The van der Waals surface area contributed by atoms with E-state index in [1.54, 1.807) is 11.3 Å². The van der Waals surface area contributed by atoms with Gasteiger partial charge in [-0.25, -0.2) is 4.98 Å². The Labute approximate surface area is 140 Å². The molecule has 3 aromatic rings. The van der Waals surface area contributed by atoms with Crippen LogP contribution >= 0.6 is 11.3 Å². The number of nitrogens with zero attached hydrogens (tertiary/aromatic N) is 3. The summed E-state index contributed by atoms with van der Waals surface area (Å²) in [6.45, 7) is 5.31. The van der Waals surface area contributed by atoms with Crippen molar-refractivity contribution in [1.29, 1.82) is 0 Å². The Bertz CT molecular complexity index is 777. The zero-order valence-corrected chi connectivity index (χ0v) is 14.0. The standard InChI is InChI=1S/C18H20N4S/c1-14-17-8-5-9-21(17)10-11-22(14)12-16-13-23-18(20-16)19-15-6-3-2-4-7-15/h2-9,13-14H,10-12H2,1H3,(H,19,20). The number of rotatable bonds is 4. The number of fused-ring (bicyclic) bond motifs is 1. The summed E-state index contributed by atoms with van der Waals surface area (Å²) in [5, 5.41) is 6.49. The van der Waals surface area contributed by atoms with Gasteiger partial charge in [-0.2, -0.15) is 0 Å². The molecule has 5 heteroatoms. The van der Waals surface area contributed by atoms with Crippen molar-refractivity contribution in [2.45, 2.75) is 26.1 Å². The first-order valence-electron chi connectivity index (χ1n) is 7.95. The van der Waals surface area contributed by atoms with Crippen LogP contribution in [0.1, 0.15) is 24.4 Å². The van der Waals surface area contributed by atoms with E-state index in [-0.39, 0.29) is 0 Å². The van der Waals surface area contributed by atoms with Crippen LogP contribution in [0.25, 0.3) is 0 Å². The highest BCUT2D eigenvalue weighted by molar-refractivity contribution is 7.13. The quantitative estimate of drug-likeness (QED) is 0.778. The lowest BCUT2D eigenvalue weighted by Gasteiger charge is -2.34. The molecule has 2 aromatic heterocycles. The van der Waals surface area contributed by atoms with Gasteiger partial charge in [-0.15, -0.1) is 11.3 Å². The maximum Gasteiger partial charge on any atom is 0.187 e. The molecule has 1 aliphatic rings. The Kier molecular flexibility index (Phi) is 3.89. The molecule has 0 radical (unpaired) electrons. The molecule has 0 saturated heterocycles. The Morgan fingerprint density at radius 3 is 2.91 bits per heavy atom. The topological polar surface area (TPSA) is 33.1 Å². The van der Waals surface area contributed by atoms with Crippen molar-refractivity contribution in [3.8, 4) is 0 Å². The van der Waals surface area contributed by atoms with Gasteiger partial charge >= 0.3 is 0 Å². The van der Waals surface area contributed by atoms with Gasteiger partial charge in [0.05, 0.1) is 5.69 Å². The maximum absolute atomic E-state index is 4.74. The van der Waals surface area contributed by atoms with Gasteiger partial charge in [-0.05, 0) is 31.2 Å². The van der Waals surface area contributed by atoms with E-state index in [1.807, 2.05) is 18.2 Å². The number of para-hydroxylation sites is 1. The van der Waals surface area contributed by atoms with E-state index < -0.39 is 0 Å². The Balaban J connectivity index is 1.44. The number of hydrogen-bond acceptors (Lipinski definition) is 4. The molecule has 1 aromatic carbocycles. The fraction of sp³-hybridized carbons (Fsp3) is 0.278. The fourth-order valence-corrected chi connectivity index (χ4v) is 3.85. The highest BCUT2D eigenvalue weighted by atomic mass is 32.1. The van der Waals surface area contributed by atoms with Crippen LogP contribution in [0.4, 0.5) is 10.8 Å². The van der Waals surface area contributed by atoms with Crippen LogP contribution in [-0.2, 0) is 13.1 Å². The highest BCUT2D eigenvalue weighted by Crippen LogP contribution is 2.28. The minimum absolute atomic E-state index is 0.436. The lowest BCUT2D eigenvalue weighted by atomic mass is 10.1. The van der Waals surface area contributed by atoms with Crippen molar-refractivity contribution in [3.05, 3.63) is 65.4 Å². The second kappa shape index (κ2) is 6.18. The van der Waals surface area contributed by atoms with Gasteiger partial charge in [-0.3, -0.25) is 4.90 Å². The summed E-state index contributed by atoms with van der Waals surface area (Å²) < 4.78 is 2.35. The van der Waals surface area contributed by atoms with Crippen molar-refractivity contribution >= 4 is 22.2 Å². The number of hydrogen-bond donors (Lipinski definition) is 1. The summed E-state index contributed by atoms with van der Waals surface area (Å²) in [4.78, 5) is 7.23. The first kappa shape index (κ1) is 14.5. The van der Waals surface area contributed by atoms with E-state index in [1.165, 1.54) is 5.69 Å². The Hall–Kier alpha value is -2.11. The van der Waals surface area contributed by atoms with E-state index in [2.05, 4.69) is 57.5 Å². The molecule has 1 aliphatic heterocycles. The van der Waals surface area contributed by atoms with E-state index >= 15 is 0 Å². The van der Waals surface area contributed by atoms with E-state index in [4.69, 9.17) is 4.98 Å². The van der Waals surface area contributed by atoms with Gasteiger partial charge in [0.2, 0.25) is 0 Å². The summed E-state index contributed by atoms with van der Waals surface area (Å²) >= 11 is 1.67. The van der Waals surface area contributed by atoms with Gasteiger partial charge in [0.1, 0.15) is 0 Å². The molecule has 0 fully saturated rings. The molecule has 0 bridgehead atoms. The fourth-order valence-electron chi connectivity index (χ4n) is 3.13. The van der Waals surface area contributed by atoms with Gasteiger partial charge in [0, 0.05) is 48.6 Å². The molecule has 4 rings (SSSR count). The van der Waals surface area contributed by atoms with Crippen molar-refractivity contribution < 1.29 is 0 Å². The van der Waals surface area contributed by atoms with Crippen LogP contribution in [0, 0.1) is 0 Å². The van der Waals surface area contributed by atoms with Gasteiger partial charge < -0.3 is 9.88 Å². The summed E-state index contributed by atoms with van der Waals surface area (Å²) in [5.41, 5.74) is 3.62. The van der Waals surface area contributed by atoms with Gasteiger partial charge in [0.25, 0.3) is 0 Å². The molecule has 0 spiro atoms. The molecule has 1 N–H and O–H groups in total. The second-order valence-corrected chi connectivity index (χ2v) is 6.77. The molecule has 0 amide bonds. The average molecular weight is 324 g/mol. The molecule has 118 valence electrons. The summed E-state index contributed by atoms with van der Waals surface area (Å²) in [5.74, 6) is 0. The maximum atomic E-state index is 4.74. The summed E-state index contributed by atoms with van der Waals surface area (Å²) in [6, 6.07) is 15.0. The Morgan fingerprint density at radius 2 is 2.04 bits per heavy atom. The van der Waals surface area contributed by atoms with Gasteiger partial charge in [-0.1, -0.05) is 18.2 Å². The zero-order valence-electron chi connectivity index (χ0n) is 13.1. The van der Waals surface area contributed by atoms with Crippen LogP contribution in [0.15, 0.2) is 54.0 Å². The van der Waals surface area contributed by atoms with Crippen LogP contribution in [-0.4, -0.2) is 21.0 Å². The smallest absolute Gasteiger partial charge is 0.187 e. The lowest BCUT2D eigenvalue weighted by molar-refractivity contribution is 0.159. The van der Waals surface area contributed by atoms with Gasteiger partial charge in [0.15, 0.2) is 5.13 Å². The number of nitrogens with one attached hydrogen (secondary N) is 1. The van der Waals surface area contributed by atoms with Crippen molar-refractivity contribution in [1.82, 2.24) is 14.5 Å². The number of anilines is 2. The van der Waals surface area contributed by atoms with E-state index in [9.17, 15) is 0 Å². The minimum atomic E-state index is 0.436. The largest absolute Gasteiger partial charge is 0.349 e. The third-order valence-corrected chi connectivity index (χ3v) is 5.22. The molecule has 1 unspecified atom stereocenters. The molecule has 0 aliphatic carbocycles. The summed E-state index contributed by atoms with van der Waals surface area (Å²) in [6.07, 6.45) is 2.17. The number of thiazole rings is 1. The normalized spacial score (nSPS) is 17.9. The first-order chi connectivity index (χ1) is 11.3. The molecule has 4 nitrogen and oxygen atoms in total. The second-order valence-electron chi connectivity index (χ2n) is 5.91. The van der Waals surface area contributed by atoms with Crippen molar-refractivity contribution in [2.24, 2.45) is 0 Å². The monoisotopic (exact) mass is 324 g/mol. The molecule has 23 heavy (non-hydrogen) atoms. The Morgan fingerprint density at radius 1 is 1.17 bits per heavy atom. The summed E-state index contributed by atoms with van der Waals surface area (Å²) in [7, 11) is 0. The van der Waals surface area contributed by atoms with Crippen LogP contribution in [0.3, 0.4) is 0 Å².